The van der Waals surface area contributed by atoms with Crippen LogP contribution in [0.25, 0.3) is 33.7 Å². The molecular weight excluding hydrogens is 328 g/mol. The minimum atomic E-state index is -0.501. The normalized spacial score (nSPS) is 11.2. The van der Waals surface area contributed by atoms with Crippen LogP contribution in [0.3, 0.4) is 0 Å². The summed E-state index contributed by atoms with van der Waals surface area (Å²) in [4.78, 5) is 16.9. The van der Waals surface area contributed by atoms with E-state index in [-0.39, 0.29) is 28.5 Å². The van der Waals surface area contributed by atoms with Gasteiger partial charge in [-0.25, -0.2) is 8.78 Å². The monoisotopic (exact) mass is 339 g/mol. The summed E-state index contributed by atoms with van der Waals surface area (Å²) in [5.74, 6) is -0.625. The van der Waals surface area contributed by atoms with E-state index >= 15 is 0 Å². The first-order chi connectivity index (χ1) is 12.0. The molecule has 0 saturated carbocycles. The van der Waals surface area contributed by atoms with Crippen LogP contribution in [-0.2, 0) is 7.05 Å². The number of hydrogen-bond acceptors (Lipinski definition) is 4. The van der Waals surface area contributed by atoms with E-state index in [4.69, 9.17) is 4.52 Å². The molecule has 0 amide bonds. The highest BCUT2D eigenvalue weighted by Gasteiger charge is 2.17. The van der Waals surface area contributed by atoms with E-state index in [0.29, 0.717) is 11.1 Å². The van der Waals surface area contributed by atoms with Crippen molar-refractivity contribution in [3.63, 3.8) is 0 Å². The summed E-state index contributed by atoms with van der Waals surface area (Å²) >= 11 is 0. The van der Waals surface area contributed by atoms with Crippen molar-refractivity contribution in [2.75, 3.05) is 0 Å². The van der Waals surface area contributed by atoms with Crippen LogP contribution in [0, 0.1) is 11.6 Å². The number of halogens is 2. The maximum atomic E-state index is 13.5. The highest BCUT2D eigenvalue weighted by atomic mass is 19.1. The van der Waals surface area contributed by atoms with Crippen LogP contribution in [0.1, 0.15) is 0 Å². The van der Waals surface area contributed by atoms with E-state index in [1.807, 2.05) is 0 Å². The van der Waals surface area contributed by atoms with Gasteiger partial charge in [-0.05, 0) is 42.5 Å². The third kappa shape index (κ3) is 2.59. The summed E-state index contributed by atoms with van der Waals surface area (Å²) in [6.07, 6.45) is 1.56. The van der Waals surface area contributed by atoms with Gasteiger partial charge in [0.2, 0.25) is 11.3 Å². The van der Waals surface area contributed by atoms with E-state index in [1.54, 1.807) is 17.8 Å². The Kier molecular flexibility index (Phi) is 3.42. The van der Waals surface area contributed by atoms with Gasteiger partial charge in [-0.15, -0.1) is 0 Å². The summed E-state index contributed by atoms with van der Waals surface area (Å²) < 4.78 is 33.4. The molecule has 0 aliphatic rings. The Morgan fingerprint density at radius 3 is 2.52 bits per heavy atom. The van der Waals surface area contributed by atoms with Crippen molar-refractivity contribution in [2.45, 2.75) is 0 Å². The smallest absolute Gasteiger partial charge is 0.263 e. The molecule has 0 N–H and O–H groups in total. The molecule has 124 valence electrons. The molecule has 2 heterocycles. The van der Waals surface area contributed by atoms with Gasteiger partial charge in [0.1, 0.15) is 17.2 Å². The molecule has 0 fully saturated rings. The Hall–Kier alpha value is -3.35. The van der Waals surface area contributed by atoms with Crippen LogP contribution in [0.15, 0.2) is 58.0 Å². The lowest BCUT2D eigenvalue weighted by atomic mass is 10.1. The van der Waals surface area contributed by atoms with Gasteiger partial charge in [0.05, 0.1) is 5.52 Å². The lowest BCUT2D eigenvalue weighted by Gasteiger charge is -2.06. The van der Waals surface area contributed by atoms with Gasteiger partial charge >= 0.3 is 0 Å². The van der Waals surface area contributed by atoms with Gasteiger partial charge in [0.15, 0.2) is 0 Å². The molecule has 0 spiro atoms. The van der Waals surface area contributed by atoms with Crippen molar-refractivity contribution in [3.05, 3.63) is 70.5 Å². The van der Waals surface area contributed by atoms with Crippen LogP contribution < -0.4 is 5.43 Å². The first kappa shape index (κ1) is 15.2. The van der Waals surface area contributed by atoms with Gasteiger partial charge in [0.25, 0.3) is 5.89 Å². The van der Waals surface area contributed by atoms with Crippen LogP contribution in [0.5, 0.6) is 0 Å². The molecule has 4 aromatic rings. The summed E-state index contributed by atoms with van der Waals surface area (Å²) in [7, 11) is 1.74. The van der Waals surface area contributed by atoms with Gasteiger partial charge in [-0.1, -0.05) is 5.16 Å². The zero-order chi connectivity index (χ0) is 17.6. The van der Waals surface area contributed by atoms with Crippen molar-refractivity contribution in [3.8, 4) is 22.8 Å². The van der Waals surface area contributed by atoms with Crippen LogP contribution in [0.4, 0.5) is 8.78 Å². The summed E-state index contributed by atoms with van der Waals surface area (Å²) in [6.45, 7) is 0. The summed E-state index contributed by atoms with van der Waals surface area (Å²) in [5.41, 5.74) is 0.914. The molecule has 25 heavy (non-hydrogen) atoms. The second-order valence-electron chi connectivity index (χ2n) is 5.57. The molecule has 0 saturated heterocycles. The minimum Gasteiger partial charge on any atom is -0.350 e. The Morgan fingerprint density at radius 1 is 1.04 bits per heavy atom. The zero-order valence-corrected chi connectivity index (χ0v) is 13.0. The van der Waals surface area contributed by atoms with E-state index in [9.17, 15) is 13.6 Å². The molecule has 5 nitrogen and oxygen atoms in total. The first-order valence-electron chi connectivity index (χ1n) is 7.42. The Bertz CT molecular complexity index is 1150. The fourth-order valence-corrected chi connectivity index (χ4v) is 2.67. The first-order valence-corrected chi connectivity index (χ1v) is 7.42. The topological polar surface area (TPSA) is 60.9 Å². The van der Waals surface area contributed by atoms with Crippen molar-refractivity contribution < 1.29 is 13.3 Å². The SMILES string of the molecule is Cn1cc(-c2nc(-c3ccc(F)cc3)no2)c(=O)c2cc(F)ccc21. The van der Waals surface area contributed by atoms with Gasteiger partial charge in [0, 0.05) is 24.2 Å². The lowest BCUT2D eigenvalue weighted by Crippen LogP contribution is -2.10. The number of aryl methyl sites for hydroxylation is 1. The standard InChI is InChI=1S/C18H11F2N3O2/c1-23-9-14(16(24)13-8-12(20)6-7-15(13)23)18-21-17(22-25-18)10-2-4-11(19)5-3-10/h2-9H,1H3. The third-order valence-electron chi connectivity index (χ3n) is 3.91. The van der Waals surface area contributed by atoms with E-state index < -0.39 is 11.2 Å². The molecule has 0 unspecified atom stereocenters. The maximum Gasteiger partial charge on any atom is 0.263 e. The van der Waals surface area contributed by atoms with E-state index in [1.165, 1.54) is 42.5 Å². The molecule has 2 aromatic heterocycles. The average molecular weight is 339 g/mol. The molecule has 7 heteroatoms. The molecule has 0 radical (unpaired) electrons. The van der Waals surface area contributed by atoms with Gasteiger partial charge in [-0.2, -0.15) is 4.98 Å². The number of fused-ring (bicyclic) bond motifs is 1. The highest BCUT2D eigenvalue weighted by Crippen LogP contribution is 2.22. The average Bonchev–Trinajstić information content (AvgIpc) is 3.08. The quantitative estimate of drug-likeness (QED) is 0.560. The molecule has 4 rings (SSSR count). The lowest BCUT2D eigenvalue weighted by molar-refractivity contribution is 0.432. The van der Waals surface area contributed by atoms with E-state index in [0.717, 1.165) is 0 Å². The minimum absolute atomic E-state index is 0.0195. The number of rotatable bonds is 2. The second-order valence-corrected chi connectivity index (χ2v) is 5.57. The van der Waals surface area contributed by atoms with E-state index in [2.05, 4.69) is 10.1 Å². The number of benzene rings is 2. The fraction of sp³-hybridized carbons (Fsp3) is 0.0556. The summed E-state index contributed by atoms with van der Waals surface area (Å²) in [6, 6.07) is 9.59. The molecule has 0 bridgehead atoms. The Balaban J connectivity index is 1.87. The van der Waals surface area contributed by atoms with Gasteiger partial charge < -0.3 is 9.09 Å². The van der Waals surface area contributed by atoms with Crippen LogP contribution in [-0.4, -0.2) is 14.7 Å². The van der Waals surface area contributed by atoms with Crippen LogP contribution >= 0.6 is 0 Å². The van der Waals surface area contributed by atoms with Crippen molar-refractivity contribution in [1.29, 1.82) is 0 Å². The molecular formula is C18H11F2N3O2. The molecule has 0 aliphatic carbocycles. The van der Waals surface area contributed by atoms with Crippen molar-refractivity contribution >= 4 is 10.9 Å². The highest BCUT2D eigenvalue weighted by molar-refractivity contribution is 5.82. The largest absolute Gasteiger partial charge is 0.350 e. The number of aromatic nitrogens is 3. The second kappa shape index (κ2) is 5.62. The van der Waals surface area contributed by atoms with Gasteiger partial charge in [-0.3, -0.25) is 4.79 Å². The zero-order valence-electron chi connectivity index (χ0n) is 13.0. The molecule has 0 atom stereocenters. The summed E-state index contributed by atoms with van der Waals surface area (Å²) in [5, 5.41) is 4.05. The number of pyridine rings is 1. The third-order valence-corrected chi connectivity index (χ3v) is 3.91. The molecule has 0 aliphatic heterocycles. The Morgan fingerprint density at radius 2 is 1.76 bits per heavy atom. The molecule has 2 aromatic carbocycles. The van der Waals surface area contributed by atoms with Crippen molar-refractivity contribution in [2.24, 2.45) is 7.05 Å². The van der Waals surface area contributed by atoms with Crippen molar-refractivity contribution in [1.82, 2.24) is 14.7 Å². The van der Waals surface area contributed by atoms with Crippen LogP contribution in [0.2, 0.25) is 0 Å². The predicted octanol–water partition coefficient (Wildman–Crippen LogP) is 3.53. The maximum absolute atomic E-state index is 13.5. The Labute approximate surface area is 140 Å². The fourth-order valence-electron chi connectivity index (χ4n) is 2.67. The predicted molar refractivity (Wildman–Crippen MR) is 87.8 cm³/mol. The number of nitrogens with zero attached hydrogens (tertiary/aromatic N) is 3. The number of hydrogen-bond donors (Lipinski definition) is 0.